The lowest BCUT2D eigenvalue weighted by molar-refractivity contribution is 0.446. The minimum Gasteiger partial charge on any atom is -0.507 e. The molecule has 4 nitrogen and oxygen atoms in total. The van der Waals surface area contributed by atoms with Crippen LogP contribution in [-0.4, -0.2) is 19.6 Å². The van der Waals surface area contributed by atoms with E-state index in [4.69, 9.17) is 22.3 Å². The fraction of sp³-hybridized carbons (Fsp3) is 0.172. The molecule has 0 saturated heterocycles. The van der Waals surface area contributed by atoms with E-state index in [-0.39, 0.29) is 28.2 Å². The molecule has 0 unspecified atom stereocenters. The normalized spacial score (nSPS) is 14.7. The van der Waals surface area contributed by atoms with E-state index in [1.165, 1.54) is 6.07 Å². The lowest BCUT2D eigenvalue weighted by Gasteiger charge is -2.27. The number of rotatable bonds is 7. The van der Waals surface area contributed by atoms with Gasteiger partial charge in [0, 0.05) is 35.2 Å². The van der Waals surface area contributed by atoms with Crippen LogP contribution in [0.15, 0.2) is 170 Å². The maximum atomic E-state index is 12.7. The molecule has 2 aromatic heterocycles. The number of imidazole rings is 1. The number of benzene rings is 7. The van der Waals surface area contributed by atoms with E-state index in [9.17, 15) is 5.11 Å². The molecule has 0 aliphatic heterocycles. The summed E-state index contributed by atoms with van der Waals surface area (Å²) < 4.78 is 80.5. The van der Waals surface area contributed by atoms with E-state index < -0.39 is 37.1 Å². The number of fused-ring (bicyclic) bond motifs is 1. The predicted molar refractivity (Wildman–Crippen MR) is 260 cm³/mol. The summed E-state index contributed by atoms with van der Waals surface area (Å²) in [6.45, 7) is 0.0553. The first kappa shape index (κ1) is 30.9. The molecule has 0 atom stereocenters. The van der Waals surface area contributed by atoms with Crippen LogP contribution in [-0.2, 0) is 10.8 Å². The molecule has 2 heterocycles. The third-order valence-corrected chi connectivity index (χ3v) is 11.6. The molecule has 62 heavy (non-hydrogen) atoms. The Hall–Kier alpha value is -7.04. The van der Waals surface area contributed by atoms with Crippen molar-refractivity contribution < 1.29 is 17.4 Å². The maximum Gasteiger partial charge on any atom is 0.149 e. The van der Waals surface area contributed by atoms with Crippen LogP contribution in [0.2, 0.25) is 0 Å². The Bertz CT molecular complexity index is 3430. The third-order valence-electron chi connectivity index (χ3n) is 11.6. The van der Waals surface area contributed by atoms with E-state index in [1.54, 1.807) is 29.0 Å². The van der Waals surface area contributed by atoms with Crippen LogP contribution < -0.4 is 0 Å². The molecular formula is C58H53N3O. The van der Waals surface area contributed by atoms with Gasteiger partial charge in [-0.25, -0.2) is 4.98 Å². The van der Waals surface area contributed by atoms with Gasteiger partial charge < -0.3 is 5.11 Å². The highest BCUT2D eigenvalue weighted by Crippen LogP contribution is 2.45. The average Bonchev–Trinajstić information content (AvgIpc) is 3.72. The van der Waals surface area contributed by atoms with E-state index in [0.29, 0.717) is 27.7 Å². The Morgan fingerprint density at radius 1 is 0.548 bits per heavy atom. The molecule has 4 heteroatoms. The molecule has 0 spiro atoms. The smallest absolute Gasteiger partial charge is 0.149 e. The molecule has 1 N–H and O–H groups in total. The molecular weight excluding hydrogens is 755 g/mol. The first-order valence-electron chi connectivity index (χ1n) is 25.3. The SMILES string of the molecule is [2H]C([2H])([2H])c1cc(-c2ccccc2)ccc1-n1c(-c2cc(C(C)(C)C)cc(C(C)(C([2H])([2H])[2H])C([2H])([2H])[2H])c2O)nc2c(-c3cc(-c4ccccc4)cc(-c4cc(-c5ccc(C)cc5)ccn4)c3)cccc21. The minimum atomic E-state index is -3.10. The van der Waals surface area contributed by atoms with Crippen molar-refractivity contribution in [2.24, 2.45) is 0 Å². The Morgan fingerprint density at radius 3 is 1.89 bits per heavy atom. The molecule has 0 saturated carbocycles. The molecule has 9 rings (SSSR count). The number of nitrogens with zero attached hydrogens (tertiary/aromatic N) is 3. The summed E-state index contributed by atoms with van der Waals surface area (Å²) in [5.74, 6) is -0.504. The summed E-state index contributed by atoms with van der Waals surface area (Å²) in [5.41, 5.74) is 7.80. The number of aryl methyl sites for hydroxylation is 2. The number of hydrogen-bond donors (Lipinski definition) is 1. The van der Waals surface area contributed by atoms with Crippen LogP contribution in [0.4, 0.5) is 0 Å². The lowest BCUT2D eigenvalue weighted by Crippen LogP contribution is -2.17. The topological polar surface area (TPSA) is 50.9 Å². The van der Waals surface area contributed by atoms with Crippen molar-refractivity contribution in [3.63, 3.8) is 0 Å². The Balaban J connectivity index is 1.38. The number of hydrogen-bond acceptors (Lipinski definition) is 3. The summed E-state index contributed by atoms with van der Waals surface area (Å²) in [6, 6.07) is 52.1. The van der Waals surface area contributed by atoms with Crippen molar-refractivity contribution in [3.05, 3.63) is 192 Å². The molecule has 0 radical (unpaired) electrons. The highest BCUT2D eigenvalue weighted by molar-refractivity contribution is 5.98. The summed E-state index contributed by atoms with van der Waals surface area (Å²) in [4.78, 5) is 10.2. The van der Waals surface area contributed by atoms with Crippen LogP contribution in [0.3, 0.4) is 0 Å². The van der Waals surface area contributed by atoms with E-state index in [2.05, 4.69) is 55.5 Å². The molecule has 9 aromatic rings. The van der Waals surface area contributed by atoms with Crippen LogP contribution in [0.1, 0.15) is 76.0 Å². The molecule has 7 aromatic carbocycles. The second-order valence-corrected chi connectivity index (χ2v) is 17.3. The van der Waals surface area contributed by atoms with Gasteiger partial charge in [-0.15, -0.1) is 0 Å². The molecule has 0 fully saturated rings. The fourth-order valence-electron chi connectivity index (χ4n) is 8.16. The Kier molecular flexibility index (Phi) is 7.86. The number of phenolic OH excluding ortho intramolecular Hbond substituents is 1. The van der Waals surface area contributed by atoms with Gasteiger partial charge in [0.05, 0.1) is 28.0 Å². The third kappa shape index (κ3) is 7.74. The van der Waals surface area contributed by atoms with Gasteiger partial charge >= 0.3 is 0 Å². The zero-order chi connectivity index (χ0) is 50.8. The number of phenols is 1. The van der Waals surface area contributed by atoms with E-state index in [1.807, 2.05) is 112 Å². The molecule has 306 valence electrons. The van der Waals surface area contributed by atoms with Gasteiger partial charge in [-0.05, 0) is 129 Å². The average molecular weight is 817 g/mol. The lowest BCUT2D eigenvalue weighted by atomic mass is 9.79. The van der Waals surface area contributed by atoms with Crippen molar-refractivity contribution in [3.8, 4) is 78.6 Å². The maximum absolute atomic E-state index is 12.7. The van der Waals surface area contributed by atoms with Gasteiger partial charge in [0.1, 0.15) is 11.6 Å². The van der Waals surface area contributed by atoms with Crippen molar-refractivity contribution in [2.45, 2.75) is 66.0 Å². The van der Waals surface area contributed by atoms with E-state index in [0.717, 1.165) is 57.1 Å². The number of aromatic nitrogens is 3. The van der Waals surface area contributed by atoms with Crippen LogP contribution in [0.5, 0.6) is 5.75 Å². The highest BCUT2D eigenvalue weighted by atomic mass is 16.3. The standard InChI is InChI=1S/C58H53N3O/c1-37-22-24-41(25-23-37)43-28-29-59-51(34-43)46-32-44(40-18-13-10-14-19-40)31-45(33-46)48-20-15-21-53-54(48)60-56(49-35-47(57(3,4)5)36-50(55(49)62)58(6,7)8)61(53)52-27-26-42(30-38(52)2)39-16-11-9-12-17-39/h9-36,62H,1-8H3/i2D3,6D3,7D3. The second kappa shape index (κ2) is 15.8. The highest BCUT2D eigenvalue weighted by Gasteiger charge is 2.29. The van der Waals surface area contributed by atoms with Crippen LogP contribution in [0.25, 0.3) is 83.9 Å². The predicted octanol–water partition coefficient (Wildman–Crippen LogP) is 15.3. The van der Waals surface area contributed by atoms with Crippen molar-refractivity contribution in [1.82, 2.24) is 14.5 Å². The Morgan fingerprint density at radius 2 is 1.19 bits per heavy atom. The first-order chi connectivity index (χ1) is 33.4. The summed E-state index contributed by atoms with van der Waals surface area (Å²) in [7, 11) is 0. The van der Waals surface area contributed by atoms with Gasteiger partial charge in [0.2, 0.25) is 0 Å². The molecule has 0 amide bonds. The minimum absolute atomic E-state index is 0.000731. The van der Waals surface area contributed by atoms with E-state index >= 15 is 0 Å². The first-order valence-corrected chi connectivity index (χ1v) is 20.8. The van der Waals surface area contributed by atoms with Crippen LogP contribution in [0, 0.1) is 13.8 Å². The van der Waals surface area contributed by atoms with Gasteiger partial charge in [-0.3, -0.25) is 9.55 Å². The summed E-state index contributed by atoms with van der Waals surface area (Å²) in [5, 5.41) is 12.7. The van der Waals surface area contributed by atoms with Gasteiger partial charge in [0.15, 0.2) is 0 Å². The van der Waals surface area contributed by atoms with Crippen molar-refractivity contribution in [2.75, 3.05) is 0 Å². The zero-order valence-electron chi connectivity index (χ0n) is 44.5. The Labute approximate surface area is 378 Å². The monoisotopic (exact) mass is 816 g/mol. The molecule has 0 aliphatic carbocycles. The largest absolute Gasteiger partial charge is 0.507 e. The van der Waals surface area contributed by atoms with Gasteiger partial charge in [0.25, 0.3) is 0 Å². The zero-order valence-corrected chi connectivity index (χ0v) is 35.5. The molecule has 0 aliphatic rings. The quantitative estimate of drug-likeness (QED) is 0.174. The van der Waals surface area contributed by atoms with Crippen LogP contribution >= 0.6 is 0 Å². The summed E-state index contributed by atoms with van der Waals surface area (Å²) >= 11 is 0. The van der Waals surface area contributed by atoms with Crippen molar-refractivity contribution >= 4 is 11.0 Å². The van der Waals surface area contributed by atoms with Gasteiger partial charge in [-0.1, -0.05) is 156 Å². The molecule has 0 bridgehead atoms. The number of pyridine rings is 1. The number of aromatic hydroxyl groups is 1. The number of para-hydroxylation sites is 1. The summed E-state index contributed by atoms with van der Waals surface area (Å²) in [6.07, 6.45) is 1.80. The second-order valence-electron chi connectivity index (χ2n) is 17.3. The van der Waals surface area contributed by atoms with Gasteiger partial charge in [-0.2, -0.15) is 0 Å². The van der Waals surface area contributed by atoms with Crippen molar-refractivity contribution in [1.29, 1.82) is 0 Å². The fourth-order valence-corrected chi connectivity index (χ4v) is 8.16.